The largest absolute Gasteiger partial charge is 0.526 e. The summed E-state index contributed by atoms with van der Waals surface area (Å²) in [6, 6.07) is 3.73. The summed E-state index contributed by atoms with van der Waals surface area (Å²) in [5.41, 5.74) is 0. The highest BCUT2D eigenvalue weighted by molar-refractivity contribution is 9.14. The van der Waals surface area contributed by atoms with E-state index in [1.807, 2.05) is 12.1 Å². The molecule has 0 spiro atoms. The van der Waals surface area contributed by atoms with E-state index in [1.54, 1.807) is 0 Å². The van der Waals surface area contributed by atoms with Crippen molar-refractivity contribution in [2.75, 3.05) is 0 Å². The summed E-state index contributed by atoms with van der Waals surface area (Å²) in [5, 5.41) is 0. The Hall–Kier alpha value is 0.967. The molecule has 1 nitrogen and oxygen atoms in total. The third-order valence-electron chi connectivity index (χ3n) is 1.15. The van der Waals surface area contributed by atoms with Gasteiger partial charge < -0.3 is 4.43 Å². The fourth-order valence-electron chi connectivity index (χ4n) is 0.629. The number of halogens is 4. The van der Waals surface area contributed by atoms with Gasteiger partial charge in [-0.3, -0.25) is 0 Å². The van der Waals surface area contributed by atoms with Gasteiger partial charge in [-0.15, -0.1) is 11.1 Å². The van der Waals surface area contributed by atoms with Gasteiger partial charge in [0.2, 0.25) is 0 Å². The van der Waals surface area contributed by atoms with Gasteiger partial charge in [0.05, 0.1) is 4.47 Å². The van der Waals surface area contributed by atoms with Crippen LogP contribution in [0.5, 0.6) is 5.75 Å². The lowest BCUT2D eigenvalue weighted by atomic mass is 10.3. The Labute approximate surface area is 103 Å². The van der Waals surface area contributed by atoms with E-state index in [-0.39, 0.29) is 9.07 Å². The molecule has 0 unspecified atom stereocenters. The van der Waals surface area contributed by atoms with E-state index in [2.05, 4.69) is 47.8 Å². The molecule has 6 heteroatoms. The van der Waals surface area contributed by atoms with Crippen LogP contribution in [0.3, 0.4) is 0 Å². The molecule has 0 saturated heterocycles. The number of benzene rings is 1. The second-order valence-corrected chi connectivity index (χ2v) is 5.11. The molecule has 0 heterocycles. The lowest BCUT2D eigenvalue weighted by Gasteiger charge is -2.06. The van der Waals surface area contributed by atoms with E-state index in [1.165, 1.54) is 0 Å². The Morgan fingerprint density at radius 3 is 2.42 bits per heavy atom. The summed E-state index contributed by atoms with van der Waals surface area (Å²) in [4.78, 5) is 0. The quantitative estimate of drug-likeness (QED) is 0.417. The fourth-order valence-corrected chi connectivity index (χ4v) is 2.63. The van der Waals surface area contributed by atoms with E-state index in [9.17, 15) is 0 Å². The average Bonchev–Trinajstić information content (AvgIpc) is 2.07. The zero-order valence-electron chi connectivity index (χ0n) is 5.57. The minimum Gasteiger partial charge on any atom is -0.526 e. The van der Waals surface area contributed by atoms with Crippen molar-refractivity contribution in [1.82, 2.24) is 0 Å². The van der Waals surface area contributed by atoms with Crippen LogP contribution in [-0.4, -0.2) is 9.07 Å². The van der Waals surface area contributed by atoms with E-state index in [0.29, 0.717) is 0 Å². The van der Waals surface area contributed by atoms with Gasteiger partial charge in [-0.2, -0.15) is 0 Å². The first-order chi connectivity index (χ1) is 5.66. The average molecular weight is 393 g/mol. The van der Waals surface area contributed by atoms with Crippen molar-refractivity contribution in [2.24, 2.45) is 0 Å². The maximum atomic E-state index is 5.46. The van der Waals surface area contributed by atoms with Crippen LogP contribution >= 0.6 is 58.9 Å². The van der Waals surface area contributed by atoms with Crippen LogP contribution in [0.15, 0.2) is 25.6 Å². The molecule has 2 radical (unpaired) electrons. The predicted molar refractivity (Wildman–Crippen MR) is 61.8 cm³/mol. The molecule has 0 aliphatic carbocycles. The van der Waals surface area contributed by atoms with Gasteiger partial charge in [0.1, 0.15) is 5.75 Å². The van der Waals surface area contributed by atoms with E-state index in [0.717, 1.165) is 19.2 Å². The third kappa shape index (κ3) is 2.48. The summed E-state index contributed by atoms with van der Waals surface area (Å²) in [6.45, 7) is 0. The molecule has 0 N–H and O–H groups in total. The molecule has 0 bridgehead atoms. The van der Waals surface area contributed by atoms with Crippen LogP contribution in [0.1, 0.15) is 0 Å². The van der Waals surface area contributed by atoms with Crippen LogP contribution in [-0.2, 0) is 0 Å². The van der Waals surface area contributed by atoms with E-state index in [4.69, 9.17) is 15.5 Å². The van der Waals surface area contributed by atoms with Crippen LogP contribution in [0.4, 0.5) is 0 Å². The van der Waals surface area contributed by atoms with Crippen molar-refractivity contribution in [3.8, 4) is 5.75 Å². The normalized spacial score (nSPS) is 10.0. The lowest BCUT2D eigenvalue weighted by molar-refractivity contribution is 0.605. The lowest BCUT2D eigenvalue weighted by Crippen LogP contribution is -1.94. The van der Waals surface area contributed by atoms with Crippen LogP contribution in [0, 0.1) is 0 Å². The zero-order valence-corrected chi connectivity index (χ0v) is 12.1. The van der Waals surface area contributed by atoms with Gasteiger partial charge >= 0.3 is 9.07 Å². The topological polar surface area (TPSA) is 9.23 Å². The standard InChI is InChI=1S/C6H2Br3ClOSi/c7-3-1-2-4(11-12-10)6(9)5(3)8/h1-2H. The van der Waals surface area contributed by atoms with Crippen molar-refractivity contribution in [3.63, 3.8) is 0 Å². The van der Waals surface area contributed by atoms with Crippen LogP contribution < -0.4 is 4.43 Å². The molecule has 1 rings (SSSR count). The molecular formula is C6H2Br3ClOSi. The summed E-state index contributed by atoms with van der Waals surface area (Å²) in [5.74, 6) is 0.735. The summed E-state index contributed by atoms with van der Waals surface area (Å²) < 4.78 is 7.93. The molecule has 0 fully saturated rings. The Kier molecular flexibility index (Phi) is 4.60. The highest BCUT2D eigenvalue weighted by Crippen LogP contribution is 2.37. The SMILES string of the molecule is Cl[Si]Oc1ccc(Br)c(Br)c1Br. The van der Waals surface area contributed by atoms with Crippen LogP contribution in [0.25, 0.3) is 0 Å². The Balaban J connectivity index is 3.08. The molecule has 64 valence electrons. The van der Waals surface area contributed by atoms with Gasteiger partial charge in [0, 0.05) is 8.95 Å². The smallest absolute Gasteiger partial charge is 0.440 e. The number of rotatable bonds is 2. The summed E-state index contributed by atoms with van der Waals surface area (Å²) in [6.07, 6.45) is 0. The highest BCUT2D eigenvalue weighted by atomic mass is 79.9. The third-order valence-corrected chi connectivity index (χ3v) is 5.01. The van der Waals surface area contributed by atoms with Crippen molar-refractivity contribution >= 4 is 67.9 Å². The summed E-state index contributed by atoms with van der Waals surface area (Å²) >= 11 is 15.6. The molecule has 1 aromatic rings. The monoisotopic (exact) mass is 390 g/mol. The van der Waals surface area contributed by atoms with E-state index >= 15 is 0 Å². The molecular weight excluding hydrogens is 391 g/mol. The highest BCUT2D eigenvalue weighted by Gasteiger charge is 2.07. The van der Waals surface area contributed by atoms with Crippen molar-refractivity contribution in [1.29, 1.82) is 0 Å². The van der Waals surface area contributed by atoms with Gasteiger partial charge in [-0.25, -0.2) is 0 Å². The molecule has 0 aliphatic heterocycles. The Morgan fingerprint density at radius 1 is 1.17 bits per heavy atom. The maximum Gasteiger partial charge on any atom is 0.440 e. The van der Waals surface area contributed by atoms with Crippen molar-refractivity contribution in [2.45, 2.75) is 0 Å². The predicted octanol–water partition coefficient (Wildman–Crippen LogP) is 4.13. The first kappa shape index (κ1) is 11.0. The first-order valence-corrected chi connectivity index (χ1v) is 7.12. The minimum atomic E-state index is -0.0692. The van der Waals surface area contributed by atoms with Gasteiger partial charge in [0.15, 0.2) is 0 Å². The van der Waals surface area contributed by atoms with E-state index < -0.39 is 0 Å². The number of hydrogen-bond donors (Lipinski definition) is 0. The molecule has 0 aromatic heterocycles. The Bertz CT molecular complexity index is 294. The first-order valence-electron chi connectivity index (χ1n) is 2.82. The Morgan fingerprint density at radius 2 is 1.83 bits per heavy atom. The van der Waals surface area contributed by atoms with Crippen molar-refractivity contribution in [3.05, 3.63) is 25.6 Å². The van der Waals surface area contributed by atoms with Gasteiger partial charge in [-0.05, 0) is 59.9 Å². The molecule has 0 atom stereocenters. The maximum absolute atomic E-state index is 5.46. The second-order valence-electron chi connectivity index (χ2n) is 1.85. The zero-order chi connectivity index (χ0) is 9.14. The van der Waals surface area contributed by atoms with Gasteiger partial charge in [0.25, 0.3) is 0 Å². The number of hydrogen-bond acceptors (Lipinski definition) is 1. The fraction of sp³-hybridized carbons (Fsp3) is 0. The van der Waals surface area contributed by atoms with Crippen molar-refractivity contribution < 1.29 is 4.43 Å². The summed E-state index contributed by atoms with van der Waals surface area (Å²) in [7, 11) is -0.0692. The molecule has 0 saturated carbocycles. The minimum absolute atomic E-state index is 0.0692. The molecule has 12 heavy (non-hydrogen) atoms. The molecule has 0 aliphatic rings. The molecule has 1 aromatic carbocycles. The second kappa shape index (κ2) is 5.00. The van der Waals surface area contributed by atoms with Crippen LogP contribution in [0.2, 0.25) is 0 Å². The van der Waals surface area contributed by atoms with Gasteiger partial charge in [-0.1, -0.05) is 0 Å². The molecule has 0 amide bonds.